The Morgan fingerprint density at radius 3 is 2.52 bits per heavy atom. The second-order valence-electron chi connectivity index (χ2n) is 9.83. The van der Waals surface area contributed by atoms with E-state index >= 15 is 0 Å². The molecule has 2 saturated heterocycles. The summed E-state index contributed by atoms with van der Waals surface area (Å²) < 4.78 is 8.54. The Hall–Kier alpha value is -1.65. The van der Waals surface area contributed by atoms with E-state index in [0.717, 1.165) is 36.6 Å². The number of hydrogen-bond donors (Lipinski definition) is 0. The number of Topliss-reactive ketones (excluding diaryl/α,β-unsaturated/α-hetero) is 1. The molecule has 156 valence electrons. The minimum absolute atomic E-state index is 0.152. The van der Waals surface area contributed by atoms with Gasteiger partial charge in [0.25, 0.3) is 0 Å². The zero-order valence-electron chi connectivity index (χ0n) is 17.8. The van der Waals surface area contributed by atoms with Crippen LogP contribution in [0, 0.1) is 11.8 Å². The zero-order chi connectivity index (χ0) is 20.0. The number of nitrogens with zero attached hydrogens (tertiary/aromatic N) is 2. The molecule has 3 fully saturated rings. The van der Waals surface area contributed by atoms with Crippen molar-refractivity contribution in [2.24, 2.45) is 11.8 Å². The molecule has 1 aliphatic carbocycles. The third-order valence-corrected chi connectivity index (χ3v) is 7.30. The van der Waals surface area contributed by atoms with Gasteiger partial charge in [0, 0.05) is 54.4 Å². The van der Waals surface area contributed by atoms with Crippen molar-refractivity contribution in [2.75, 3.05) is 13.2 Å². The quantitative estimate of drug-likeness (QED) is 0.597. The molecule has 0 spiro atoms. The largest absolute Gasteiger partial charge is 0.378 e. The van der Waals surface area contributed by atoms with Gasteiger partial charge in [0.05, 0.1) is 6.10 Å². The van der Waals surface area contributed by atoms with E-state index in [1.807, 2.05) is 6.07 Å². The summed E-state index contributed by atoms with van der Waals surface area (Å²) in [7, 11) is 0. The molecular weight excluding hydrogens is 360 g/mol. The minimum atomic E-state index is 0.152. The lowest BCUT2D eigenvalue weighted by atomic mass is 9.98. The van der Waals surface area contributed by atoms with Gasteiger partial charge in [0.2, 0.25) is 0 Å². The number of carbonyl (C=O) groups is 1. The highest BCUT2D eigenvalue weighted by molar-refractivity contribution is 6.06. The van der Waals surface area contributed by atoms with Crippen molar-refractivity contribution in [3.63, 3.8) is 0 Å². The molecule has 3 heterocycles. The Morgan fingerprint density at radius 1 is 1.10 bits per heavy atom. The van der Waals surface area contributed by atoms with Crippen LogP contribution < -0.4 is 0 Å². The maximum absolute atomic E-state index is 12.1. The standard InChI is InChI=1S/C25H34N2O2/c1-17(13-26-15-24(18(2)28)23-5-3-4-6-25(23)26)14-27-20-9-10-21(27)12-22(11-20)29-16-19-7-8-19/h3-6,15,17,19-22H,7-14,16H2,1-2H3. The SMILES string of the molecule is CC(=O)c1cn(CC(C)CN2C3CCC2CC(OCC2CC2)C3)c2ccccc12. The van der Waals surface area contributed by atoms with Gasteiger partial charge in [-0.15, -0.1) is 0 Å². The third kappa shape index (κ3) is 4.02. The minimum Gasteiger partial charge on any atom is -0.378 e. The van der Waals surface area contributed by atoms with Gasteiger partial charge < -0.3 is 9.30 Å². The van der Waals surface area contributed by atoms with Crippen LogP contribution in [0.15, 0.2) is 30.5 Å². The van der Waals surface area contributed by atoms with Crippen molar-refractivity contribution in [3.8, 4) is 0 Å². The van der Waals surface area contributed by atoms with Gasteiger partial charge in [-0.1, -0.05) is 25.1 Å². The summed E-state index contributed by atoms with van der Waals surface area (Å²) in [6, 6.07) is 9.71. The number of aromatic nitrogens is 1. The molecule has 0 amide bonds. The highest BCUT2D eigenvalue weighted by Crippen LogP contribution is 2.38. The maximum atomic E-state index is 12.1. The first-order chi connectivity index (χ1) is 14.1. The number of para-hydroxylation sites is 1. The fourth-order valence-electron chi connectivity index (χ4n) is 5.65. The highest BCUT2D eigenvalue weighted by Gasteiger charge is 2.41. The Labute approximate surface area is 174 Å². The van der Waals surface area contributed by atoms with Crippen LogP contribution in [0.3, 0.4) is 0 Å². The lowest BCUT2D eigenvalue weighted by molar-refractivity contribution is -0.0275. The topological polar surface area (TPSA) is 34.5 Å². The monoisotopic (exact) mass is 394 g/mol. The van der Waals surface area contributed by atoms with Gasteiger partial charge in [0.15, 0.2) is 5.78 Å². The van der Waals surface area contributed by atoms with Gasteiger partial charge in [-0.3, -0.25) is 9.69 Å². The Kier molecular flexibility index (Phi) is 5.25. The number of rotatable bonds is 8. The van der Waals surface area contributed by atoms with Crippen LogP contribution in [0.4, 0.5) is 0 Å². The van der Waals surface area contributed by atoms with Crippen molar-refractivity contribution in [3.05, 3.63) is 36.0 Å². The second kappa shape index (κ2) is 7.88. The number of hydrogen-bond acceptors (Lipinski definition) is 3. The van der Waals surface area contributed by atoms with E-state index < -0.39 is 0 Å². The summed E-state index contributed by atoms with van der Waals surface area (Å²) in [6.07, 6.45) is 10.4. The van der Waals surface area contributed by atoms with Gasteiger partial charge in [-0.05, 0) is 63.4 Å². The van der Waals surface area contributed by atoms with Gasteiger partial charge in [-0.25, -0.2) is 0 Å². The molecule has 2 aliphatic heterocycles. The van der Waals surface area contributed by atoms with Crippen molar-refractivity contribution >= 4 is 16.7 Å². The summed E-state index contributed by atoms with van der Waals surface area (Å²) in [5.74, 6) is 1.57. The van der Waals surface area contributed by atoms with Crippen molar-refractivity contribution in [2.45, 2.75) is 77.1 Å². The average molecular weight is 395 g/mol. The molecule has 0 N–H and O–H groups in total. The molecule has 4 heteroatoms. The second-order valence-corrected chi connectivity index (χ2v) is 9.83. The smallest absolute Gasteiger partial charge is 0.161 e. The normalized spacial score (nSPS) is 28.1. The lowest BCUT2D eigenvalue weighted by Gasteiger charge is -2.40. The van der Waals surface area contributed by atoms with Crippen molar-refractivity contribution < 1.29 is 9.53 Å². The molecule has 2 aromatic rings. The van der Waals surface area contributed by atoms with Crippen molar-refractivity contribution in [1.82, 2.24) is 9.47 Å². The van der Waals surface area contributed by atoms with E-state index in [1.54, 1.807) is 6.92 Å². The van der Waals surface area contributed by atoms with E-state index in [9.17, 15) is 4.79 Å². The number of carbonyl (C=O) groups excluding carboxylic acids is 1. The molecule has 2 bridgehead atoms. The van der Waals surface area contributed by atoms with Crippen LogP contribution in [0.25, 0.3) is 10.9 Å². The maximum Gasteiger partial charge on any atom is 0.161 e. The molecule has 1 aromatic heterocycles. The Balaban J connectivity index is 1.23. The molecule has 3 atom stereocenters. The van der Waals surface area contributed by atoms with Crippen molar-refractivity contribution in [1.29, 1.82) is 0 Å². The summed E-state index contributed by atoms with van der Waals surface area (Å²) in [5, 5.41) is 1.08. The van der Waals surface area contributed by atoms with Gasteiger partial charge in [-0.2, -0.15) is 0 Å². The van der Waals surface area contributed by atoms with Gasteiger partial charge >= 0.3 is 0 Å². The van der Waals surface area contributed by atoms with E-state index in [-0.39, 0.29) is 5.78 Å². The third-order valence-electron chi connectivity index (χ3n) is 7.30. The molecule has 29 heavy (non-hydrogen) atoms. The van der Waals surface area contributed by atoms with Crippen LogP contribution in [0.5, 0.6) is 0 Å². The molecule has 0 radical (unpaired) electrons. The predicted octanol–water partition coefficient (Wildman–Crippen LogP) is 4.90. The molecule has 3 unspecified atom stereocenters. The Bertz CT molecular complexity index is 870. The van der Waals surface area contributed by atoms with E-state index in [2.05, 4.69) is 40.8 Å². The first-order valence-electron chi connectivity index (χ1n) is 11.5. The first kappa shape index (κ1) is 19.3. The molecule has 1 aromatic carbocycles. The molecule has 1 saturated carbocycles. The van der Waals surface area contributed by atoms with Gasteiger partial charge in [0.1, 0.15) is 0 Å². The zero-order valence-corrected chi connectivity index (χ0v) is 17.8. The lowest BCUT2D eigenvalue weighted by Crippen LogP contribution is -2.47. The summed E-state index contributed by atoms with van der Waals surface area (Å²) >= 11 is 0. The fraction of sp³-hybridized carbons (Fsp3) is 0.640. The number of ether oxygens (including phenoxy) is 1. The molecular formula is C25H34N2O2. The number of piperidine rings is 1. The number of benzene rings is 1. The summed E-state index contributed by atoms with van der Waals surface area (Å²) in [4.78, 5) is 14.8. The predicted molar refractivity (Wildman–Crippen MR) is 116 cm³/mol. The van der Waals surface area contributed by atoms with E-state index in [4.69, 9.17) is 4.74 Å². The Morgan fingerprint density at radius 2 is 1.83 bits per heavy atom. The first-order valence-corrected chi connectivity index (χ1v) is 11.5. The van der Waals surface area contributed by atoms with Crippen LogP contribution in [0.2, 0.25) is 0 Å². The number of ketones is 1. The molecule has 3 aliphatic rings. The van der Waals surface area contributed by atoms with Crippen LogP contribution in [-0.4, -0.2) is 46.6 Å². The average Bonchev–Trinajstić information content (AvgIpc) is 3.42. The summed E-state index contributed by atoms with van der Waals surface area (Å²) in [5.41, 5.74) is 2.03. The van der Waals surface area contributed by atoms with E-state index in [0.29, 0.717) is 24.1 Å². The summed E-state index contributed by atoms with van der Waals surface area (Å²) in [6.45, 7) is 7.14. The van der Waals surface area contributed by atoms with Crippen LogP contribution in [-0.2, 0) is 11.3 Å². The fourth-order valence-corrected chi connectivity index (χ4v) is 5.65. The van der Waals surface area contributed by atoms with E-state index in [1.165, 1.54) is 44.0 Å². The van der Waals surface area contributed by atoms with Crippen LogP contribution >= 0.6 is 0 Å². The van der Waals surface area contributed by atoms with Crippen LogP contribution in [0.1, 0.15) is 62.7 Å². The highest BCUT2D eigenvalue weighted by atomic mass is 16.5. The molecule has 5 rings (SSSR count). The number of fused-ring (bicyclic) bond motifs is 3. The molecule has 4 nitrogen and oxygen atoms in total.